The maximum Gasteiger partial charge on any atom is 0.129 e. The van der Waals surface area contributed by atoms with Gasteiger partial charge < -0.3 is 15.4 Å². The lowest BCUT2D eigenvalue weighted by Crippen LogP contribution is -2.33. The fraction of sp³-hybridized carbons (Fsp3) is 0.545. The molecule has 4 nitrogen and oxygen atoms in total. The first-order chi connectivity index (χ1) is 7.60. The van der Waals surface area contributed by atoms with Gasteiger partial charge in [-0.2, -0.15) is 0 Å². The molecule has 0 saturated carbocycles. The molecule has 1 heterocycles. The number of likely N-dealkylation sites (N-methyl/N-ethyl adjacent to an activating group) is 1. The number of halogens is 1. The van der Waals surface area contributed by atoms with Crippen molar-refractivity contribution in [2.75, 3.05) is 25.7 Å². The second kappa shape index (κ2) is 6.03. The van der Waals surface area contributed by atoms with Gasteiger partial charge >= 0.3 is 0 Å². The number of nitrogens with zero attached hydrogens (tertiary/aromatic N) is 2. The van der Waals surface area contributed by atoms with Gasteiger partial charge in [0.05, 0.1) is 23.4 Å². The van der Waals surface area contributed by atoms with Gasteiger partial charge in [0.2, 0.25) is 0 Å². The third kappa shape index (κ3) is 3.07. The minimum atomic E-state index is 0.254. The lowest BCUT2D eigenvalue weighted by Gasteiger charge is -2.25. The summed E-state index contributed by atoms with van der Waals surface area (Å²) < 4.78 is 5.11. The number of anilines is 1. The van der Waals surface area contributed by atoms with E-state index in [4.69, 9.17) is 22.1 Å². The molecule has 16 heavy (non-hydrogen) atoms. The lowest BCUT2D eigenvalue weighted by molar-refractivity contribution is 0.183. The van der Waals surface area contributed by atoms with Crippen LogP contribution in [0.25, 0.3) is 0 Å². The van der Waals surface area contributed by atoms with Gasteiger partial charge in [-0.05, 0) is 19.1 Å². The van der Waals surface area contributed by atoms with Crippen LogP contribution in [0.3, 0.4) is 0 Å². The first kappa shape index (κ1) is 13.2. The van der Waals surface area contributed by atoms with E-state index in [9.17, 15) is 0 Å². The van der Waals surface area contributed by atoms with Crippen molar-refractivity contribution in [3.63, 3.8) is 0 Å². The maximum absolute atomic E-state index is 5.96. The van der Waals surface area contributed by atoms with Crippen molar-refractivity contribution in [2.24, 2.45) is 5.73 Å². The Bertz CT molecular complexity index is 346. The number of nitrogens with two attached hydrogens (primary N) is 1. The summed E-state index contributed by atoms with van der Waals surface area (Å²) in [5, 5.41) is 0.610. The Kier molecular flexibility index (Phi) is 4.99. The average Bonchev–Trinajstić information content (AvgIpc) is 2.29. The number of hydrogen-bond donors (Lipinski definition) is 1. The summed E-state index contributed by atoms with van der Waals surface area (Å²) >= 11 is 5.96. The minimum absolute atomic E-state index is 0.254. The summed E-state index contributed by atoms with van der Waals surface area (Å²) in [6.45, 7) is 3.07. The highest BCUT2D eigenvalue weighted by Gasteiger charge is 2.12. The van der Waals surface area contributed by atoms with Crippen LogP contribution < -0.4 is 10.6 Å². The van der Waals surface area contributed by atoms with Gasteiger partial charge in [0.15, 0.2) is 0 Å². The predicted molar refractivity (Wildman–Crippen MR) is 66.9 cm³/mol. The zero-order valence-corrected chi connectivity index (χ0v) is 10.7. The third-order valence-corrected chi connectivity index (χ3v) is 2.87. The van der Waals surface area contributed by atoms with E-state index in [1.54, 1.807) is 7.11 Å². The van der Waals surface area contributed by atoms with Crippen molar-refractivity contribution in [3.05, 3.63) is 22.8 Å². The Balaban J connectivity index is 2.87. The van der Waals surface area contributed by atoms with Gasteiger partial charge in [-0.3, -0.25) is 0 Å². The largest absolute Gasteiger partial charge is 0.383 e. The normalized spacial score (nSPS) is 12.6. The molecule has 0 aromatic carbocycles. The molecule has 0 amide bonds. The fourth-order valence-electron chi connectivity index (χ4n) is 1.39. The molecule has 0 aliphatic rings. The molecule has 1 aromatic rings. The molecule has 0 radical (unpaired) electrons. The molecule has 2 N–H and O–H groups in total. The molecular weight excluding hydrogens is 226 g/mol. The van der Waals surface area contributed by atoms with Crippen molar-refractivity contribution in [1.29, 1.82) is 0 Å². The molecule has 1 rings (SSSR count). The monoisotopic (exact) mass is 243 g/mol. The van der Waals surface area contributed by atoms with Crippen LogP contribution in [-0.4, -0.2) is 31.8 Å². The average molecular weight is 244 g/mol. The summed E-state index contributed by atoms with van der Waals surface area (Å²) in [4.78, 5) is 6.45. The summed E-state index contributed by atoms with van der Waals surface area (Å²) in [6.07, 6.45) is 0. The van der Waals surface area contributed by atoms with Crippen LogP contribution in [0.15, 0.2) is 12.1 Å². The van der Waals surface area contributed by atoms with Gasteiger partial charge in [0, 0.05) is 20.7 Å². The number of rotatable bonds is 5. The van der Waals surface area contributed by atoms with Crippen molar-refractivity contribution < 1.29 is 4.74 Å². The first-order valence-electron chi connectivity index (χ1n) is 5.17. The van der Waals surface area contributed by atoms with Crippen molar-refractivity contribution in [3.8, 4) is 0 Å². The van der Waals surface area contributed by atoms with E-state index in [2.05, 4.69) is 11.9 Å². The van der Waals surface area contributed by atoms with Gasteiger partial charge in [-0.1, -0.05) is 11.6 Å². The first-order valence-corrected chi connectivity index (χ1v) is 5.55. The van der Waals surface area contributed by atoms with E-state index in [-0.39, 0.29) is 6.04 Å². The molecule has 0 bridgehead atoms. The minimum Gasteiger partial charge on any atom is -0.383 e. The molecule has 1 aromatic heterocycles. The van der Waals surface area contributed by atoms with Crippen LogP contribution in [-0.2, 0) is 11.3 Å². The standard InChI is InChI=1S/C11H18ClN3O/c1-8(7-16-3)15(2)11-5-4-9(12)10(6-13)14-11/h4-5,8H,6-7,13H2,1-3H3. The van der Waals surface area contributed by atoms with Gasteiger partial charge in [-0.25, -0.2) is 4.98 Å². The quantitative estimate of drug-likeness (QED) is 0.855. The third-order valence-electron chi connectivity index (χ3n) is 2.53. The Morgan fingerprint density at radius 3 is 2.81 bits per heavy atom. The van der Waals surface area contributed by atoms with E-state index >= 15 is 0 Å². The zero-order valence-electron chi connectivity index (χ0n) is 9.90. The Hall–Kier alpha value is -0.840. The second-order valence-electron chi connectivity index (χ2n) is 3.72. The van der Waals surface area contributed by atoms with Gasteiger partial charge in [0.25, 0.3) is 0 Å². The number of methoxy groups -OCH3 is 1. The van der Waals surface area contributed by atoms with Crippen LogP contribution in [0, 0.1) is 0 Å². The molecule has 0 spiro atoms. The summed E-state index contributed by atoms with van der Waals surface area (Å²) in [5.41, 5.74) is 6.28. The van der Waals surface area contributed by atoms with Crippen molar-refractivity contribution in [1.82, 2.24) is 4.98 Å². The molecule has 0 fully saturated rings. The topological polar surface area (TPSA) is 51.4 Å². The summed E-state index contributed by atoms with van der Waals surface area (Å²) in [5.74, 6) is 0.856. The Morgan fingerprint density at radius 2 is 2.25 bits per heavy atom. The highest BCUT2D eigenvalue weighted by Crippen LogP contribution is 2.19. The molecule has 5 heteroatoms. The molecule has 0 saturated heterocycles. The van der Waals surface area contributed by atoms with Crippen LogP contribution in [0.4, 0.5) is 5.82 Å². The molecule has 90 valence electrons. The zero-order chi connectivity index (χ0) is 12.1. The predicted octanol–water partition coefficient (Wildman–Crippen LogP) is 1.66. The molecule has 1 unspecified atom stereocenters. The Labute approximate surface area is 101 Å². The van der Waals surface area contributed by atoms with Crippen LogP contribution in [0.5, 0.6) is 0 Å². The molecule has 0 aliphatic heterocycles. The van der Waals surface area contributed by atoms with Gasteiger partial charge in [0.1, 0.15) is 5.82 Å². The molecular formula is C11H18ClN3O. The highest BCUT2D eigenvalue weighted by molar-refractivity contribution is 6.31. The van der Waals surface area contributed by atoms with Crippen molar-refractivity contribution >= 4 is 17.4 Å². The SMILES string of the molecule is COCC(C)N(C)c1ccc(Cl)c(CN)n1. The second-order valence-corrected chi connectivity index (χ2v) is 4.12. The lowest BCUT2D eigenvalue weighted by atomic mass is 10.3. The van der Waals surface area contributed by atoms with Crippen LogP contribution in [0.1, 0.15) is 12.6 Å². The number of hydrogen-bond acceptors (Lipinski definition) is 4. The number of pyridine rings is 1. The number of ether oxygens (including phenoxy) is 1. The van der Waals surface area contributed by atoms with Crippen molar-refractivity contribution in [2.45, 2.75) is 19.5 Å². The van der Waals surface area contributed by atoms with Crippen LogP contribution in [0.2, 0.25) is 5.02 Å². The maximum atomic E-state index is 5.96. The van der Waals surface area contributed by atoms with E-state index in [1.807, 2.05) is 24.1 Å². The fourth-order valence-corrected chi connectivity index (χ4v) is 1.57. The molecule has 1 atom stereocenters. The molecule has 0 aliphatic carbocycles. The number of aromatic nitrogens is 1. The van der Waals surface area contributed by atoms with E-state index in [1.165, 1.54) is 0 Å². The van der Waals surface area contributed by atoms with E-state index in [0.717, 1.165) is 11.5 Å². The van der Waals surface area contributed by atoms with E-state index < -0.39 is 0 Å². The van der Waals surface area contributed by atoms with E-state index in [0.29, 0.717) is 18.2 Å². The van der Waals surface area contributed by atoms with Gasteiger partial charge in [-0.15, -0.1) is 0 Å². The summed E-state index contributed by atoms with van der Waals surface area (Å²) in [7, 11) is 3.66. The van der Waals surface area contributed by atoms with Crippen LogP contribution >= 0.6 is 11.6 Å². The smallest absolute Gasteiger partial charge is 0.129 e. The summed E-state index contributed by atoms with van der Waals surface area (Å²) in [6, 6.07) is 3.96. The highest BCUT2D eigenvalue weighted by atomic mass is 35.5. The Morgan fingerprint density at radius 1 is 1.56 bits per heavy atom.